The zero-order valence-corrected chi connectivity index (χ0v) is 8.71. The van der Waals surface area contributed by atoms with Gasteiger partial charge in [-0.3, -0.25) is 0 Å². The van der Waals surface area contributed by atoms with Crippen molar-refractivity contribution in [2.75, 3.05) is 13.1 Å². The monoisotopic (exact) mass is 189 g/mol. The topological polar surface area (TPSA) is 12.0 Å². The van der Waals surface area contributed by atoms with E-state index in [4.69, 9.17) is 0 Å². The third kappa shape index (κ3) is 3.51. The zero-order valence-electron chi connectivity index (χ0n) is 8.71. The van der Waals surface area contributed by atoms with Crippen molar-refractivity contribution < 1.29 is 0 Å². The zero-order chi connectivity index (χ0) is 9.64. The second-order valence-electron chi connectivity index (χ2n) is 4.24. The summed E-state index contributed by atoms with van der Waals surface area (Å²) < 4.78 is 0. The minimum Gasteiger partial charge on any atom is -0.316 e. The van der Waals surface area contributed by atoms with E-state index in [1.807, 2.05) is 0 Å². The van der Waals surface area contributed by atoms with Crippen LogP contribution in [-0.4, -0.2) is 13.1 Å². The molecule has 0 atom stereocenters. The van der Waals surface area contributed by atoms with Crippen molar-refractivity contribution in [1.29, 1.82) is 0 Å². The van der Waals surface area contributed by atoms with Crippen LogP contribution in [-0.2, 0) is 6.42 Å². The van der Waals surface area contributed by atoms with Gasteiger partial charge in [-0.2, -0.15) is 0 Å². The average Bonchev–Trinajstić information content (AvgIpc) is 3.03. The molecule has 0 unspecified atom stereocenters. The van der Waals surface area contributed by atoms with Crippen molar-refractivity contribution in [2.45, 2.75) is 25.7 Å². The van der Waals surface area contributed by atoms with Crippen LogP contribution in [0.5, 0.6) is 0 Å². The van der Waals surface area contributed by atoms with Crippen LogP contribution in [0, 0.1) is 5.92 Å². The van der Waals surface area contributed by atoms with Crippen molar-refractivity contribution in [2.24, 2.45) is 5.92 Å². The summed E-state index contributed by atoms with van der Waals surface area (Å²) in [4.78, 5) is 0. The summed E-state index contributed by atoms with van der Waals surface area (Å²) in [7, 11) is 0. The van der Waals surface area contributed by atoms with Gasteiger partial charge in [0.25, 0.3) is 0 Å². The summed E-state index contributed by atoms with van der Waals surface area (Å²) in [5, 5.41) is 3.52. The van der Waals surface area contributed by atoms with Gasteiger partial charge in [-0.1, -0.05) is 30.3 Å². The molecule has 1 fully saturated rings. The highest BCUT2D eigenvalue weighted by molar-refractivity contribution is 5.14. The fourth-order valence-electron chi connectivity index (χ4n) is 1.69. The molecule has 1 aliphatic carbocycles. The standard InChI is InChI=1S/C13H19N/c1-2-5-12(6-3-1)7-4-10-14-11-13-8-9-13/h1-3,5-6,13-14H,4,7-11H2. The number of rotatable bonds is 6. The summed E-state index contributed by atoms with van der Waals surface area (Å²) in [6.45, 7) is 2.42. The first-order chi connectivity index (χ1) is 6.95. The molecule has 1 aliphatic rings. The van der Waals surface area contributed by atoms with Gasteiger partial charge in [-0.05, 0) is 50.3 Å². The maximum Gasteiger partial charge on any atom is -0.00205 e. The second kappa shape index (κ2) is 5.16. The lowest BCUT2D eigenvalue weighted by Gasteiger charge is -2.03. The molecule has 0 heterocycles. The molecule has 0 radical (unpaired) electrons. The van der Waals surface area contributed by atoms with Gasteiger partial charge in [0, 0.05) is 0 Å². The molecule has 14 heavy (non-hydrogen) atoms. The fraction of sp³-hybridized carbons (Fsp3) is 0.538. The smallest absolute Gasteiger partial charge is 0.00205 e. The number of hydrogen-bond acceptors (Lipinski definition) is 1. The second-order valence-corrected chi connectivity index (χ2v) is 4.24. The molecular formula is C13H19N. The summed E-state index contributed by atoms with van der Waals surface area (Å²) >= 11 is 0. The molecule has 0 spiro atoms. The van der Waals surface area contributed by atoms with E-state index in [1.54, 1.807) is 0 Å². The first-order valence-corrected chi connectivity index (χ1v) is 5.70. The van der Waals surface area contributed by atoms with Gasteiger partial charge >= 0.3 is 0 Å². The molecule has 1 aromatic rings. The normalized spacial score (nSPS) is 15.7. The van der Waals surface area contributed by atoms with E-state index in [0.717, 1.165) is 5.92 Å². The van der Waals surface area contributed by atoms with Crippen molar-refractivity contribution in [3.63, 3.8) is 0 Å². The van der Waals surface area contributed by atoms with Crippen LogP contribution in [0.1, 0.15) is 24.8 Å². The molecular weight excluding hydrogens is 170 g/mol. The molecule has 1 aromatic carbocycles. The predicted molar refractivity (Wildman–Crippen MR) is 60.4 cm³/mol. The lowest BCUT2D eigenvalue weighted by atomic mass is 10.1. The Hall–Kier alpha value is -0.820. The minimum absolute atomic E-state index is 1.01. The van der Waals surface area contributed by atoms with Crippen LogP contribution in [0.4, 0.5) is 0 Å². The SMILES string of the molecule is c1ccc(CCCNCC2CC2)cc1. The Kier molecular flexibility index (Phi) is 3.58. The number of nitrogens with one attached hydrogen (secondary N) is 1. The van der Waals surface area contributed by atoms with Crippen molar-refractivity contribution >= 4 is 0 Å². The van der Waals surface area contributed by atoms with Gasteiger partial charge in [-0.15, -0.1) is 0 Å². The lowest BCUT2D eigenvalue weighted by molar-refractivity contribution is 0.613. The van der Waals surface area contributed by atoms with E-state index >= 15 is 0 Å². The number of benzene rings is 1. The van der Waals surface area contributed by atoms with Crippen LogP contribution < -0.4 is 5.32 Å². The highest BCUT2D eigenvalue weighted by Crippen LogP contribution is 2.27. The van der Waals surface area contributed by atoms with Gasteiger partial charge in [0.2, 0.25) is 0 Å². The van der Waals surface area contributed by atoms with Crippen LogP contribution in [0.3, 0.4) is 0 Å². The van der Waals surface area contributed by atoms with Crippen molar-refractivity contribution in [3.8, 4) is 0 Å². The predicted octanol–water partition coefficient (Wildman–Crippen LogP) is 2.62. The Labute approximate surface area is 86.5 Å². The summed E-state index contributed by atoms with van der Waals surface area (Å²) in [6.07, 6.45) is 5.37. The molecule has 1 N–H and O–H groups in total. The molecule has 0 aliphatic heterocycles. The highest BCUT2D eigenvalue weighted by atomic mass is 14.9. The summed E-state index contributed by atoms with van der Waals surface area (Å²) in [5.41, 5.74) is 1.46. The Morgan fingerprint density at radius 1 is 1.14 bits per heavy atom. The molecule has 2 rings (SSSR count). The molecule has 0 saturated heterocycles. The van der Waals surface area contributed by atoms with Gasteiger partial charge in [0.05, 0.1) is 0 Å². The molecule has 0 aromatic heterocycles. The largest absolute Gasteiger partial charge is 0.316 e. The molecule has 1 nitrogen and oxygen atoms in total. The third-order valence-electron chi connectivity index (χ3n) is 2.79. The molecule has 0 bridgehead atoms. The first-order valence-electron chi connectivity index (χ1n) is 5.70. The van der Waals surface area contributed by atoms with Gasteiger partial charge in [0.1, 0.15) is 0 Å². The van der Waals surface area contributed by atoms with Crippen LogP contribution in [0.2, 0.25) is 0 Å². The van der Waals surface area contributed by atoms with E-state index < -0.39 is 0 Å². The van der Waals surface area contributed by atoms with Crippen LogP contribution in [0.15, 0.2) is 30.3 Å². The van der Waals surface area contributed by atoms with Crippen LogP contribution in [0.25, 0.3) is 0 Å². The summed E-state index contributed by atoms with van der Waals surface area (Å²) in [5.74, 6) is 1.01. The Morgan fingerprint density at radius 2 is 1.93 bits per heavy atom. The quantitative estimate of drug-likeness (QED) is 0.678. The maximum absolute atomic E-state index is 3.52. The summed E-state index contributed by atoms with van der Waals surface area (Å²) in [6, 6.07) is 10.7. The molecule has 1 saturated carbocycles. The van der Waals surface area contributed by atoms with E-state index in [2.05, 4.69) is 35.6 Å². The van der Waals surface area contributed by atoms with E-state index in [-0.39, 0.29) is 0 Å². The van der Waals surface area contributed by atoms with Gasteiger partial charge in [0.15, 0.2) is 0 Å². The number of hydrogen-bond donors (Lipinski definition) is 1. The highest BCUT2D eigenvalue weighted by Gasteiger charge is 2.19. The number of aryl methyl sites for hydroxylation is 1. The average molecular weight is 189 g/mol. The Balaban J connectivity index is 1.54. The van der Waals surface area contributed by atoms with Crippen molar-refractivity contribution in [1.82, 2.24) is 5.32 Å². The molecule has 76 valence electrons. The van der Waals surface area contributed by atoms with Gasteiger partial charge in [-0.25, -0.2) is 0 Å². The fourth-order valence-corrected chi connectivity index (χ4v) is 1.69. The first kappa shape index (κ1) is 9.72. The van der Waals surface area contributed by atoms with E-state index in [1.165, 1.54) is 44.3 Å². The van der Waals surface area contributed by atoms with Crippen molar-refractivity contribution in [3.05, 3.63) is 35.9 Å². The molecule has 0 amide bonds. The third-order valence-corrected chi connectivity index (χ3v) is 2.79. The molecule has 1 heteroatoms. The van der Waals surface area contributed by atoms with Gasteiger partial charge < -0.3 is 5.32 Å². The minimum atomic E-state index is 1.01. The Bertz CT molecular complexity index is 251. The van der Waals surface area contributed by atoms with Crippen LogP contribution >= 0.6 is 0 Å². The maximum atomic E-state index is 3.52. The van der Waals surface area contributed by atoms with E-state index in [9.17, 15) is 0 Å². The van der Waals surface area contributed by atoms with E-state index in [0.29, 0.717) is 0 Å². The lowest BCUT2D eigenvalue weighted by Crippen LogP contribution is -2.18. The Morgan fingerprint density at radius 3 is 2.64 bits per heavy atom.